The summed E-state index contributed by atoms with van der Waals surface area (Å²) < 4.78 is 11.6. The van der Waals surface area contributed by atoms with Crippen molar-refractivity contribution in [1.82, 2.24) is 0 Å². The van der Waals surface area contributed by atoms with Gasteiger partial charge in [0.05, 0.1) is 5.41 Å². The van der Waals surface area contributed by atoms with Gasteiger partial charge in [-0.3, -0.25) is 4.79 Å². The standard InChI is InChI=1S/C23H40O4/c1-5-22(3,4)21(25)26-17-20(24)27-23(6-2,18-13-9-7-10-14-18)19-15-11-8-12-16-19/h18-19H,5-17H2,1-4H3. The van der Waals surface area contributed by atoms with Crippen LogP contribution in [0.2, 0.25) is 0 Å². The molecule has 2 aliphatic rings. The molecule has 2 saturated carbocycles. The molecule has 2 aliphatic carbocycles. The molecule has 0 spiro atoms. The predicted molar refractivity (Wildman–Crippen MR) is 107 cm³/mol. The molecular formula is C23H40O4. The van der Waals surface area contributed by atoms with Crippen LogP contribution in [0.15, 0.2) is 0 Å². The molecule has 0 bridgehead atoms. The van der Waals surface area contributed by atoms with Gasteiger partial charge in [0.15, 0.2) is 6.61 Å². The number of hydrogen-bond donors (Lipinski definition) is 0. The number of rotatable bonds is 8. The summed E-state index contributed by atoms with van der Waals surface area (Å²) in [5.74, 6) is 0.213. The Balaban J connectivity index is 2.08. The molecule has 0 radical (unpaired) electrons. The highest BCUT2D eigenvalue weighted by Crippen LogP contribution is 2.47. The Hall–Kier alpha value is -1.06. The zero-order valence-electron chi connectivity index (χ0n) is 18.0. The van der Waals surface area contributed by atoms with Crippen LogP contribution < -0.4 is 0 Å². The van der Waals surface area contributed by atoms with E-state index in [1.807, 2.05) is 20.8 Å². The Morgan fingerprint density at radius 1 is 0.815 bits per heavy atom. The highest BCUT2D eigenvalue weighted by atomic mass is 16.6. The van der Waals surface area contributed by atoms with Crippen molar-refractivity contribution in [1.29, 1.82) is 0 Å². The van der Waals surface area contributed by atoms with Crippen molar-refractivity contribution in [3.8, 4) is 0 Å². The molecule has 0 N–H and O–H groups in total. The predicted octanol–water partition coefficient (Wildman–Crippen LogP) is 5.82. The Kier molecular flexibility index (Phi) is 8.18. The first-order valence-electron chi connectivity index (χ1n) is 11.2. The molecule has 4 heteroatoms. The molecule has 0 saturated heterocycles. The summed E-state index contributed by atoms with van der Waals surface area (Å²) in [4.78, 5) is 24.9. The molecule has 27 heavy (non-hydrogen) atoms. The number of ether oxygens (including phenoxy) is 2. The first kappa shape index (κ1) is 22.2. The normalized spacial score (nSPS) is 20.3. The Morgan fingerprint density at radius 3 is 1.70 bits per heavy atom. The fraction of sp³-hybridized carbons (Fsp3) is 0.913. The molecule has 0 atom stereocenters. The summed E-state index contributed by atoms with van der Waals surface area (Å²) in [6, 6.07) is 0. The molecule has 0 aromatic heterocycles. The van der Waals surface area contributed by atoms with Crippen LogP contribution in [0.25, 0.3) is 0 Å². The maximum absolute atomic E-state index is 12.7. The zero-order chi connectivity index (χ0) is 19.9. The van der Waals surface area contributed by atoms with E-state index >= 15 is 0 Å². The van der Waals surface area contributed by atoms with Gasteiger partial charge in [-0.15, -0.1) is 0 Å². The monoisotopic (exact) mass is 380 g/mol. The maximum Gasteiger partial charge on any atom is 0.344 e. The Labute approximate surface area is 165 Å². The molecule has 2 fully saturated rings. The smallest absolute Gasteiger partial charge is 0.344 e. The minimum absolute atomic E-state index is 0.260. The van der Waals surface area contributed by atoms with Gasteiger partial charge in [-0.2, -0.15) is 0 Å². The van der Waals surface area contributed by atoms with E-state index in [-0.39, 0.29) is 24.1 Å². The van der Waals surface area contributed by atoms with Crippen molar-refractivity contribution in [3.05, 3.63) is 0 Å². The van der Waals surface area contributed by atoms with Gasteiger partial charge in [0, 0.05) is 0 Å². The number of esters is 2. The van der Waals surface area contributed by atoms with E-state index in [4.69, 9.17) is 9.47 Å². The van der Waals surface area contributed by atoms with Gasteiger partial charge in [-0.25, -0.2) is 4.79 Å². The summed E-state index contributed by atoms with van der Waals surface area (Å²) in [5.41, 5.74) is -0.931. The fourth-order valence-electron chi connectivity index (χ4n) is 5.04. The van der Waals surface area contributed by atoms with Gasteiger partial charge in [0.1, 0.15) is 5.60 Å². The maximum atomic E-state index is 12.7. The third-order valence-corrected chi connectivity index (χ3v) is 7.21. The van der Waals surface area contributed by atoms with E-state index < -0.39 is 5.41 Å². The zero-order valence-corrected chi connectivity index (χ0v) is 18.0. The van der Waals surface area contributed by atoms with Crippen molar-refractivity contribution in [2.45, 2.75) is 110 Å². The van der Waals surface area contributed by atoms with E-state index in [1.54, 1.807) is 0 Å². The summed E-state index contributed by atoms with van der Waals surface area (Å²) >= 11 is 0. The van der Waals surface area contributed by atoms with Gasteiger partial charge in [-0.05, 0) is 64.2 Å². The van der Waals surface area contributed by atoms with Crippen molar-refractivity contribution < 1.29 is 19.1 Å². The second kappa shape index (κ2) is 9.93. The number of hydrogen-bond acceptors (Lipinski definition) is 4. The van der Waals surface area contributed by atoms with E-state index in [0.29, 0.717) is 18.3 Å². The van der Waals surface area contributed by atoms with Gasteiger partial charge < -0.3 is 9.47 Å². The molecule has 4 nitrogen and oxygen atoms in total. The van der Waals surface area contributed by atoms with Crippen LogP contribution in [0, 0.1) is 17.3 Å². The van der Waals surface area contributed by atoms with Gasteiger partial charge in [0.25, 0.3) is 0 Å². The molecule has 0 aromatic carbocycles. The lowest BCUT2D eigenvalue weighted by atomic mass is 9.65. The van der Waals surface area contributed by atoms with Crippen LogP contribution in [-0.4, -0.2) is 24.1 Å². The average Bonchev–Trinajstić information content (AvgIpc) is 2.71. The molecule has 156 valence electrons. The lowest BCUT2D eigenvalue weighted by molar-refractivity contribution is -0.190. The molecule has 0 aromatic rings. The van der Waals surface area contributed by atoms with Crippen LogP contribution in [-0.2, 0) is 19.1 Å². The highest BCUT2D eigenvalue weighted by molar-refractivity contribution is 5.80. The lowest BCUT2D eigenvalue weighted by Crippen LogP contribution is -2.50. The highest BCUT2D eigenvalue weighted by Gasteiger charge is 2.47. The molecule has 0 aliphatic heterocycles. The Morgan fingerprint density at radius 2 is 1.30 bits per heavy atom. The quantitative estimate of drug-likeness (QED) is 0.498. The summed E-state index contributed by atoms with van der Waals surface area (Å²) in [6.07, 6.45) is 13.7. The van der Waals surface area contributed by atoms with Gasteiger partial charge in [0.2, 0.25) is 0 Å². The third kappa shape index (κ3) is 5.48. The first-order chi connectivity index (χ1) is 12.9. The summed E-state index contributed by atoms with van der Waals surface area (Å²) in [6.45, 7) is 7.56. The van der Waals surface area contributed by atoms with Gasteiger partial charge in [-0.1, -0.05) is 52.4 Å². The molecule has 2 rings (SSSR count). The topological polar surface area (TPSA) is 52.6 Å². The summed E-state index contributed by atoms with van der Waals surface area (Å²) in [5, 5.41) is 0. The molecule has 0 unspecified atom stereocenters. The number of carbonyl (C=O) groups excluding carboxylic acids is 2. The third-order valence-electron chi connectivity index (χ3n) is 7.21. The van der Waals surface area contributed by atoms with Crippen molar-refractivity contribution >= 4 is 11.9 Å². The van der Waals surface area contributed by atoms with Crippen LogP contribution in [0.3, 0.4) is 0 Å². The Bertz CT molecular complexity index is 467. The van der Waals surface area contributed by atoms with E-state index in [1.165, 1.54) is 38.5 Å². The SMILES string of the molecule is CCC(C)(C)C(=O)OCC(=O)OC(CC)(C1CCCCC1)C1CCCCC1. The van der Waals surface area contributed by atoms with E-state index in [2.05, 4.69) is 6.92 Å². The van der Waals surface area contributed by atoms with Gasteiger partial charge >= 0.3 is 11.9 Å². The minimum atomic E-state index is -0.561. The fourth-order valence-corrected chi connectivity index (χ4v) is 5.04. The molecular weight excluding hydrogens is 340 g/mol. The average molecular weight is 381 g/mol. The molecule has 0 amide bonds. The largest absolute Gasteiger partial charge is 0.456 e. The van der Waals surface area contributed by atoms with Crippen molar-refractivity contribution in [2.24, 2.45) is 17.3 Å². The molecule has 0 heterocycles. The van der Waals surface area contributed by atoms with Crippen LogP contribution in [0.1, 0.15) is 105 Å². The first-order valence-corrected chi connectivity index (χ1v) is 11.2. The second-order valence-electron chi connectivity index (χ2n) is 9.27. The van der Waals surface area contributed by atoms with Crippen molar-refractivity contribution in [3.63, 3.8) is 0 Å². The second-order valence-corrected chi connectivity index (χ2v) is 9.27. The van der Waals surface area contributed by atoms with Crippen LogP contribution >= 0.6 is 0 Å². The van der Waals surface area contributed by atoms with E-state index in [0.717, 1.165) is 32.1 Å². The minimum Gasteiger partial charge on any atom is -0.456 e. The van der Waals surface area contributed by atoms with E-state index in [9.17, 15) is 9.59 Å². The number of carbonyl (C=O) groups is 2. The van der Waals surface area contributed by atoms with Crippen LogP contribution in [0.5, 0.6) is 0 Å². The van der Waals surface area contributed by atoms with Crippen molar-refractivity contribution in [2.75, 3.05) is 6.61 Å². The summed E-state index contributed by atoms with van der Waals surface area (Å²) in [7, 11) is 0. The van der Waals surface area contributed by atoms with Crippen LogP contribution in [0.4, 0.5) is 0 Å². The lowest BCUT2D eigenvalue weighted by Gasteiger charge is -2.48.